The first-order valence-corrected chi connectivity index (χ1v) is 15.1. The molecule has 1 saturated heterocycles. The molecule has 11 nitrogen and oxygen atoms in total. The molecule has 2 aliphatic heterocycles. The Morgan fingerprint density at radius 1 is 1.23 bits per heavy atom. The first-order chi connectivity index (χ1) is 20.3. The number of Topliss-reactive ketones (excluding diaryl/α,β-unsaturated/α-hetero) is 1. The molecule has 43 heavy (non-hydrogen) atoms. The molecule has 3 rings (SSSR count). The number of hydrogen-bond donors (Lipinski definition) is 3. The van der Waals surface area contributed by atoms with Crippen molar-refractivity contribution in [3.8, 4) is 5.75 Å². The van der Waals surface area contributed by atoms with Crippen LogP contribution in [0, 0.1) is 5.92 Å². The third-order valence-electron chi connectivity index (χ3n) is 7.66. The summed E-state index contributed by atoms with van der Waals surface area (Å²) >= 11 is 0. The van der Waals surface area contributed by atoms with Gasteiger partial charge in [-0.25, -0.2) is 0 Å². The Balaban J connectivity index is 1.90. The van der Waals surface area contributed by atoms with E-state index in [1.807, 2.05) is 58.9 Å². The van der Waals surface area contributed by atoms with Crippen LogP contribution < -0.4 is 20.7 Å². The van der Waals surface area contributed by atoms with Gasteiger partial charge in [-0.05, 0) is 43.9 Å². The van der Waals surface area contributed by atoms with Crippen LogP contribution in [0.2, 0.25) is 0 Å². The number of ketones is 1. The largest absolute Gasteiger partial charge is 0.493 e. The van der Waals surface area contributed by atoms with E-state index < -0.39 is 53.3 Å². The van der Waals surface area contributed by atoms with Gasteiger partial charge >= 0.3 is 0 Å². The maximum Gasteiger partial charge on any atom is 0.289 e. The zero-order valence-corrected chi connectivity index (χ0v) is 25.9. The van der Waals surface area contributed by atoms with Crippen molar-refractivity contribution in [3.05, 3.63) is 42.5 Å². The zero-order chi connectivity index (χ0) is 31.7. The number of nitrogens with one attached hydrogen (secondary N) is 3. The van der Waals surface area contributed by atoms with Gasteiger partial charge in [0.05, 0.1) is 30.8 Å². The van der Waals surface area contributed by atoms with Gasteiger partial charge in [-0.1, -0.05) is 45.4 Å². The molecule has 0 aromatic heterocycles. The molecule has 1 fully saturated rings. The monoisotopic (exact) mass is 598 g/mol. The molecule has 0 radical (unpaired) electrons. The van der Waals surface area contributed by atoms with E-state index in [0.717, 1.165) is 5.56 Å². The third-order valence-corrected chi connectivity index (χ3v) is 7.66. The normalized spacial score (nSPS) is 23.1. The second kappa shape index (κ2) is 15.1. The van der Waals surface area contributed by atoms with E-state index in [1.54, 1.807) is 0 Å². The summed E-state index contributed by atoms with van der Waals surface area (Å²) in [5.41, 5.74) is 0.115. The van der Waals surface area contributed by atoms with Crippen molar-refractivity contribution in [2.45, 2.75) is 96.6 Å². The van der Waals surface area contributed by atoms with Gasteiger partial charge in [0.1, 0.15) is 17.8 Å². The fraction of sp³-hybridized carbons (Fsp3) is 0.594. The van der Waals surface area contributed by atoms with Gasteiger partial charge in [-0.15, -0.1) is 6.58 Å². The van der Waals surface area contributed by atoms with Crippen molar-refractivity contribution in [3.63, 3.8) is 0 Å². The van der Waals surface area contributed by atoms with E-state index in [9.17, 15) is 24.0 Å². The number of fused-ring (bicyclic) bond motifs is 4. The third kappa shape index (κ3) is 9.38. The Morgan fingerprint density at radius 2 is 1.98 bits per heavy atom. The van der Waals surface area contributed by atoms with Crippen molar-refractivity contribution in [1.29, 1.82) is 0 Å². The summed E-state index contributed by atoms with van der Waals surface area (Å²) in [7, 11) is 0. The molecular weight excluding hydrogens is 552 g/mol. The van der Waals surface area contributed by atoms with E-state index in [-0.39, 0.29) is 44.2 Å². The van der Waals surface area contributed by atoms with Crippen LogP contribution in [0.15, 0.2) is 36.9 Å². The van der Waals surface area contributed by atoms with Gasteiger partial charge in [-0.3, -0.25) is 24.0 Å². The van der Waals surface area contributed by atoms with Crippen LogP contribution in [0.3, 0.4) is 0 Å². The molecule has 3 N–H and O–H groups in total. The number of nitrogens with zero attached hydrogens (tertiary/aromatic N) is 1. The molecular formula is C32H46N4O7. The predicted octanol–water partition coefficient (Wildman–Crippen LogP) is 2.07. The van der Waals surface area contributed by atoms with Crippen molar-refractivity contribution in [2.75, 3.05) is 19.7 Å². The minimum Gasteiger partial charge on any atom is -0.493 e. The van der Waals surface area contributed by atoms with Gasteiger partial charge < -0.3 is 30.3 Å². The standard InChI is InChI=1S/C32H46N4O7/c1-7-10-24(28(38)30(40)33-14-8-2)34-29(39)25-18-23-19-36(25)31(41)27(20(3)4)35-26(37)17-21-11-9-12-22(16-21)42-15-13-32(5,6)43-23/h8-9,11-12,16,20,23-25,27H,2,7,10,13-15,17-19H2,1,3-6H3,(H,33,40)(H,34,39)(H,35,37)/t23-,24?,25?,27+/m1/s1. The quantitative estimate of drug-likeness (QED) is 0.292. The van der Waals surface area contributed by atoms with Crippen LogP contribution in [-0.2, 0) is 35.1 Å². The number of hydrogen-bond acceptors (Lipinski definition) is 7. The molecule has 0 spiro atoms. The maximum atomic E-state index is 14.0. The molecule has 2 unspecified atom stereocenters. The van der Waals surface area contributed by atoms with E-state index in [0.29, 0.717) is 25.2 Å². The molecule has 0 aliphatic carbocycles. The highest BCUT2D eigenvalue weighted by Gasteiger charge is 2.45. The number of ether oxygens (including phenoxy) is 2. The van der Waals surface area contributed by atoms with E-state index in [2.05, 4.69) is 22.5 Å². The number of rotatable bonds is 9. The molecule has 4 bridgehead atoms. The van der Waals surface area contributed by atoms with Gasteiger partial charge in [0.15, 0.2) is 0 Å². The van der Waals surface area contributed by atoms with Gasteiger partial charge in [0.25, 0.3) is 5.91 Å². The predicted molar refractivity (Wildman–Crippen MR) is 161 cm³/mol. The smallest absolute Gasteiger partial charge is 0.289 e. The second-order valence-corrected chi connectivity index (χ2v) is 12.2. The molecule has 1 aromatic rings. The van der Waals surface area contributed by atoms with Crippen LogP contribution in [0.4, 0.5) is 0 Å². The number of amides is 4. The highest BCUT2D eigenvalue weighted by atomic mass is 16.5. The number of carbonyl (C=O) groups excluding carboxylic acids is 5. The molecule has 4 amide bonds. The lowest BCUT2D eigenvalue weighted by atomic mass is 10.0. The first kappa shape index (κ1) is 33.8. The van der Waals surface area contributed by atoms with Crippen LogP contribution in [0.25, 0.3) is 0 Å². The van der Waals surface area contributed by atoms with Gasteiger partial charge in [0, 0.05) is 25.9 Å². The summed E-state index contributed by atoms with van der Waals surface area (Å²) in [6, 6.07) is 4.39. The summed E-state index contributed by atoms with van der Waals surface area (Å²) in [4.78, 5) is 67.5. The first-order valence-electron chi connectivity index (χ1n) is 15.1. The summed E-state index contributed by atoms with van der Waals surface area (Å²) in [5, 5.41) is 8.06. The fourth-order valence-corrected chi connectivity index (χ4v) is 5.38. The van der Waals surface area contributed by atoms with Gasteiger partial charge in [0.2, 0.25) is 23.5 Å². The van der Waals surface area contributed by atoms with Crippen LogP contribution in [0.5, 0.6) is 5.75 Å². The Kier molecular flexibility index (Phi) is 11.9. The Labute approximate surface area is 254 Å². The summed E-state index contributed by atoms with van der Waals surface area (Å²) in [6.07, 6.45) is 2.57. The van der Waals surface area contributed by atoms with E-state index in [1.165, 1.54) is 11.0 Å². The average Bonchev–Trinajstić information content (AvgIpc) is 3.36. The molecule has 236 valence electrons. The van der Waals surface area contributed by atoms with E-state index in [4.69, 9.17) is 9.47 Å². The zero-order valence-electron chi connectivity index (χ0n) is 25.9. The molecule has 2 aliphatic rings. The highest BCUT2D eigenvalue weighted by Crippen LogP contribution is 2.29. The molecule has 11 heteroatoms. The summed E-state index contributed by atoms with van der Waals surface area (Å²) in [6.45, 7) is 13.5. The lowest BCUT2D eigenvalue weighted by Crippen LogP contribution is -2.57. The van der Waals surface area contributed by atoms with Gasteiger partial charge in [-0.2, -0.15) is 0 Å². The van der Waals surface area contributed by atoms with E-state index >= 15 is 0 Å². The summed E-state index contributed by atoms with van der Waals surface area (Å²) < 4.78 is 12.4. The fourth-order valence-electron chi connectivity index (χ4n) is 5.38. The van der Waals surface area contributed by atoms with Crippen LogP contribution in [0.1, 0.15) is 65.9 Å². The lowest BCUT2D eigenvalue weighted by molar-refractivity contribution is -0.144. The molecule has 2 heterocycles. The van der Waals surface area contributed by atoms with Crippen LogP contribution >= 0.6 is 0 Å². The van der Waals surface area contributed by atoms with Crippen molar-refractivity contribution >= 4 is 29.4 Å². The second-order valence-electron chi connectivity index (χ2n) is 12.2. The highest BCUT2D eigenvalue weighted by molar-refractivity contribution is 6.38. The van der Waals surface area contributed by atoms with Crippen molar-refractivity contribution < 1.29 is 33.4 Å². The topological polar surface area (TPSA) is 143 Å². The minimum atomic E-state index is -1.05. The minimum absolute atomic E-state index is 0.0591. The SMILES string of the molecule is C=CCNC(=O)C(=O)C(CCC)NC(=O)C1C[C@@H]2CN1C(=O)[C@H](C(C)C)NC(=O)Cc1cccc(c1)OCCC(C)(C)O2. The number of carbonyl (C=O) groups is 5. The number of benzene rings is 1. The molecule has 0 saturated carbocycles. The van der Waals surface area contributed by atoms with Crippen LogP contribution in [-0.4, -0.2) is 83.8 Å². The summed E-state index contributed by atoms with van der Waals surface area (Å²) in [5.74, 6) is -2.48. The van der Waals surface area contributed by atoms with Crippen molar-refractivity contribution in [2.24, 2.45) is 5.92 Å². The average molecular weight is 599 g/mol. The molecule has 1 aromatic carbocycles. The Morgan fingerprint density at radius 3 is 2.65 bits per heavy atom. The Hall–Kier alpha value is -3.73. The van der Waals surface area contributed by atoms with Crippen molar-refractivity contribution in [1.82, 2.24) is 20.9 Å². The lowest BCUT2D eigenvalue weighted by Gasteiger charge is -2.31. The maximum absolute atomic E-state index is 14.0. The molecule has 4 atom stereocenters. The Bertz CT molecular complexity index is 1200.